The Balaban J connectivity index is 1.50. The van der Waals surface area contributed by atoms with Crippen molar-refractivity contribution >= 4 is 28.9 Å². The molecule has 0 aliphatic heterocycles. The van der Waals surface area contributed by atoms with E-state index in [-0.39, 0.29) is 5.69 Å². The molecule has 166 valence electrons. The van der Waals surface area contributed by atoms with Gasteiger partial charge in [0.15, 0.2) is 17.2 Å². The molecule has 0 radical (unpaired) electrons. The van der Waals surface area contributed by atoms with E-state index in [2.05, 4.69) is 20.7 Å². The van der Waals surface area contributed by atoms with Crippen molar-refractivity contribution in [3.63, 3.8) is 0 Å². The minimum absolute atomic E-state index is 0.246. The van der Waals surface area contributed by atoms with Crippen LogP contribution in [0.2, 0.25) is 0 Å². The molecule has 2 N–H and O–H groups in total. The van der Waals surface area contributed by atoms with Crippen LogP contribution in [0.1, 0.15) is 39.0 Å². The topological polar surface area (TPSA) is 106 Å². The molecule has 1 heterocycles. The average molecular weight is 442 g/mol. The molecule has 0 bridgehead atoms. The van der Waals surface area contributed by atoms with Crippen molar-refractivity contribution in [3.05, 3.63) is 89.2 Å². The lowest BCUT2D eigenvalue weighted by molar-refractivity contribution is 0.0730. The normalized spacial score (nSPS) is 11.0. The summed E-state index contributed by atoms with van der Waals surface area (Å²) in [4.78, 5) is 24.9. The molecule has 0 spiro atoms. The zero-order chi connectivity index (χ0) is 23.2. The molecule has 0 atom stereocenters. The monoisotopic (exact) mass is 442 g/mol. The Morgan fingerprint density at radius 1 is 1.06 bits per heavy atom. The maximum absolute atomic E-state index is 12.9. The van der Waals surface area contributed by atoms with E-state index in [4.69, 9.17) is 9.47 Å². The Hall–Kier alpha value is -4.46. The summed E-state index contributed by atoms with van der Waals surface area (Å²) in [6, 6.07) is 19.8. The van der Waals surface area contributed by atoms with Crippen LogP contribution in [0.25, 0.3) is 10.8 Å². The fraction of sp³-hybridized carbons (Fsp3) is 0.120. The van der Waals surface area contributed by atoms with Crippen molar-refractivity contribution in [2.75, 3.05) is 6.61 Å². The molecule has 3 aromatic carbocycles. The number of rotatable bonds is 7. The molecule has 4 rings (SSSR count). The second-order valence-corrected chi connectivity index (χ2v) is 7.19. The van der Waals surface area contributed by atoms with Crippen molar-refractivity contribution < 1.29 is 19.1 Å². The highest BCUT2D eigenvalue weighted by molar-refractivity contribution is 6.05. The minimum Gasteiger partial charge on any atom is -0.490 e. The van der Waals surface area contributed by atoms with E-state index in [1.54, 1.807) is 37.3 Å². The van der Waals surface area contributed by atoms with Crippen LogP contribution in [0.3, 0.4) is 0 Å². The van der Waals surface area contributed by atoms with Gasteiger partial charge in [-0.05, 0) is 60.5 Å². The number of nitrogens with one attached hydrogen (secondary N) is 2. The van der Waals surface area contributed by atoms with Crippen LogP contribution < -0.4 is 14.9 Å². The van der Waals surface area contributed by atoms with Gasteiger partial charge in [-0.2, -0.15) is 10.2 Å². The van der Waals surface area contributed by atoms with Gasteiger partial charge in [0.05, 0.1) is 18.4 Å². The second-order valence-electron chi connectivity index (χ2n) is 7.19. The molecule has 0 aliphatic rings. The average Bonchev–Trinajstić information content (AvgIpc) is 3.26. The third-order valence-corrected chi connectivity index (χ3v) is 4.80. The lowest BCUT2D eigenvalue weighted by Crippen LogP contribution is -2.18. The van der Waals surface area contributed by atoms with E-state index >= 15 is 0 Å². The van der Waals surface area contributed by atoms with Crippen molar-refractivity contribution in [3.8, 4) is 11.5 Å². The number of aromatic nitrogens is 2. The molecule has 0 saturated carbocycles. The number of ether oxygens (including phenoxy) is 2. The molecule has 33 heavy (non-hydrogen) atoms. The predicted molar refractivity (Wildman–Crippen MR) is 125 cm³/mol. The number of hydrogen-bond acceptors (Lipinski definition) is 6. The predicted octanol–water partition coefficient (Wildman–Crippen LogP) is 4.25. The van der Waals surface area contributed by atoms with Gasteiger partial charge in [0.25, 0.3) is 5.91 Å². The number of hydrazone groups is 1. The summed E-state index contributed by atoms with van der Waals surface area (Å²) in [5, 5.41) is 12.3. The Morgan fingerprint density at radius 2 is 1.88 bits per heavy atom. The van der Waals surface area contributed by atoms with Gasteiger partial charge in [0, 0.05) is 5.69 Å². The largest absolute Gasteiger partial charge is 0.490 e. The number of carbonyl (C=O) groups is 2. The summed E-state index contributed by atoms with van der Waals surface area (Å²) in [6.07, 6.45) is 1.47. The summed E-state index contributed by atoms with van der Waals surface area (Å²) in [6.45, 7) is 4.02. The van der Waals surface area contributed by atoms with E-state index in [0.29, 0.717) is 29.2 Å². The van der Waals surface area contributed by atoms with Gasteiger partial charge in [-0.1, -0.05) is 36.4 Å². The number of aromatic amines is 1. The van der Waals surface area contributed by atoms with E-state index in [0.717, 1.165) is 16.5 Å². The number of benzene rings is 3. The SMILES string of the molecule is CCOc1cc(/C=N/NC(=O)c2cc(C)[nH]n2)ccc1OC(=O)c1cccc2ccccc12. The Labute approximate surface area is 190 Å². The number of nitrogens with zero attached hydrogens (tertiary/aromatic N) is 2. The summed E-state index contributed by atoms with van der Waals surface area (Å²) in [5.74, 6) is -0.218. The van der Waals surface area contributed by atoms with Crippen molar-refractivity contribution in [2.45, 2.75) is 13.8 Å². The van der Waals surface area contributed by atoms with Gasteiger partial charge in [-0.15, -0.1) is 0 Å². The van der Waals surface area contributed by atoms with Crippen LogP contribution in [-0.4, -0.2) is 34.9 Å². The van der Waals surface area contributed by atoms with Crippen molar-refractivity contribution in [1.29, 1.82) is 0 Å². The molecular formula is C25H22N4O4. The van der Waals surface area contributed by atoms with Crippen LogP contribution in [0.4, 0.5) is 0 Å². The molecule has 1 amide bonds. The Morgan fingerprint density at radius 3 is 2.67 bits per heavy atom. The van der Waals surface area contributed by atoms with E-state index in [9.17, 15) is 9.59 Å². The molecule has 0 fully saturated rings. The maximum atomic E-state index is 12.9. The smallest absolute Gasteiger partial charge is 0.344 e. The van der Waals surface area contributed by atoms with E-state index < -0.39 is 11.9 Å². The highest BCUT2D eigenvalue weighted by Crippen LogP contribution is 2.30. The van der Waals surface area contributed by atoms with Gasteiger partial charge in [-0.3, -0.25) is 9.89 Å². The van der Waals surface area contributed by atoms with E-state index in [1.165, 1.54) is 6.21 Å². The lowest BCUT2D eigenvalue weighted by Gasteiger charge is -2.12. The molecule has 1 aromatic heterocycles. The lowest BCUT2D eigenvalue weighted by atomic mass is 10.0. The first-order valence-electron chi connectivity index (χ1n) is 10.4. The molecule has 4 aromatic rings. The third kappa shape index (κ3) is 5.07. The number of carbonyl (C=O) groups excluding carboxylic acids is 2. The highest BCUT2D eigenvalue weighted by Gasteiger charge is 2.15. The molecular weight excluding hydrogens is 420 g/mol. The van der Waals surface area contributed by atoms with Gasteiger partial charge in [-0.25, -0.2) is 10.2 Å². The number of hydrogen-bond donors (Lipinski definition) is 2. The van der Waals surface area contributed by atoms with Gasteiger partial charge < -0.3 is 9.47 Å². The van der Waals surface area contributed by atoms with E-state index in [1.807, 2.05) is 43.3 Å². The second kappa shape index (κ2) is 9.78. The maximum Gasteiger partial charge on any atom is 0.344 e. The number of fused-ring (bicyclic) bond motifs is 1. The summed E-state index contributed by atoms with van der Waals surface area (Å²) < 4.78 is 11.3. The van der Waals surface area contributed by atoms with Crippen LogP contribution in [0.5, 0.6) is 11.5 Å². The summed E-state index contributed by atoms with van der Waals surface area (Å²) in [5.41, 5.74) is 4.57. The standard InChI is InChI=1S/C25H22N4O4/c1-3-32-23-14-17(15-26-29-24(30)21-13-16(2)27-28-21)11-12-22(23)33-25(31)20-10-6-8-18-7-4-5-9-19(18)20/h4-15H,3H2,1-2H3,(H,27,28)(H,29,30)/b26-15+. The van der Waals surface area contributed by atoms with Crippen LogP contribution >= 0.6 is 0 Å². The van der Waals surface area contributed by atoms with Gasteiger partial charge >= 0.3 is 5.97 Å². The zero-order valence-corrected chi connectivity index (χ0v) is 18.2. The fourth-order valence-electron chi connectivity index (χ4n) is 3.27. The summed E-state index contributed by atoms with van der Waals surface area (Å²) >= 11 is 0. The van der Waals surface area contributed by atoms with Crippen molar-refractivity contribution in [2.24, 2.45) is 5.10 Å². The Kier molecular flexibility index (Phi) is 6.45. The van der Waals surface area contributed by atoms with Gasteiger partial charge in [0.2, 0.25) is 0 Å². The minimum atomic E-state index is -0.476. The first-order valence-corrected chi connectivity index (χ1v) is 10.4. The van der Waals surface area contributed by atoms with Crippen LogP contribution in [-0.2, 0) is 0 Å². The molecule has 0 unspecified atom stereocenters. The fourth-order valence-corrected chi connectivity index (χ4v) is 3.27. The Bertz CT molecular complexity index is 1340. The molecule has 8 nitrogen and oxygen atoms in total. The number of esters is 1. The third-order valence-electron chi connectivity index (χ3n) is 4.80. The molecule has 0 saturated heterocycles. The number of amides is 1. The van der Waals surface area contributed by atoms with Crippen molar-refractivity contribution in [1.82, 2.24) is 15.6 Å². The molecule has 8 heteroatoms. The van der Waals surface area contributed by atoms with Crippen LogP contribution in [0, 0.1) is 6.92 Å². The van der Waals surface area contributed by atoms with Gasteiger partial charge in [0.1, 0.15) is 0 Å². The zero-order valence-electron chi connectivity index (χ0n) is 18.2. The van der Waals surface area contributed by atoms with Crippen LogP contribution in [0.15, 0.2) is 71.8 Å². The number of H-pyrrole nitrogens is 1. The molecule has 0 aliphatic carbocycles. The summed E-state index contributed by atoms with van der Waals surface area (Å²) in [7, 11) is 0. The first-order chi connectivity index (χ1) is 16.0. The number of aryl methyl sites for hydroxylation is 1. The first kappa shape index (κ1) is 21.8. The quantitative estimate of drug-likeness (QED) is 0.193. The highest BCUT2D eigenvalue weighted by atomic mass is 16.6.